The fourth-order valence-electron chi connectivity index (χ4n) is 1.74. The Kier molecular flexibility index (Phi) is 3.14. The third kappa shape index (κ3) is 2.25. The second-order valence-corrected chi connectivity index (χ2v) is 5.60. The molecule has 0 aromatic carbocycles. The topological polar surface area (TPSA) is 26.3 Å². The van der Waals surface area contributed by atoms with Crippen LogP contribution in [0.5, 0.6) is 0 Å². The van der Waals surface area contributed by atoms with Gasteiger partial charge in [-0.2, -0.15) is 0 Å². The Morgan fingerprint density at radius 2 is 2.33 bits per heavy atom. The van der Waals surface area contributed by atoms with Gasteiger partial charge in [0.25, 0.3) is 0 Å². The van der Waals surface area contributed by atoms with Crippen molar-refractivity contribution in [3.05, 3.63) is 20.8 Å². The molecule has 1 aromatic rings. The summed E-state index contributed by atoms with van der Waals surface area (Å²) in [4.78, 5) is 12.7. The summed E-state index contributed by atoms with van der Waals surface area (Å²) in [6.07, 6.45) is 1.74. The monoisotopic (exact) mass is 244 g/mol. The first-order valence-corrected chi connectivity index (χ1v) is 6.23. The van der Waals surface area contributed by atoms with E-state index in [-0.39, 0.29) is 18.0 Å². The molecule has 1 aromatic heterocycles. The van der Waals surface area contributed by atoms with Crippen molar-refractivity contribution in [3.8, 4) is 0 Å². The summed E-state index contributed by atoms with van der Waals surface area (Å²) in [5, 5.41) is 0. The number of hydrogen-bond acceptors (Lipinski definition) is 3. The van der Waals surface area contributed by atoms with E-state index in [1.165, 1.54) is 11.3 Å². The van der Waals surface area contributed by atoms with Crippen LogP contribution in [0.15, 0.2) is 6.07 Å². The molecule has 1 aliphatic rings. The molecule has 0 spiro atoms. The zero-order valence-corrected chi connectivity index (χ0v) is 10.3. The normalized spacial score (nSPS) is 25.8. The van der Waals surface area contributed by atoms with Gasteiger partial charge in [-0.1, -0.05) is 11.6 Å². The quantitative estimate of drug-likeness (QED) is 0.745. The van der Waals surface area contributed by atoms with E-state index in [2.05, 4.69) is 0 Å². The van der Waals surface area contributed by atoms with Crippen LogP contribution in [-0.2, 0) is 4.74 Å². The Labute approximate surface area is 98.2 Å². The number of hydrogen-bond donors (Lipinski definition) is 0. The predicted octanol–water partition coefficient (Wildman–Crippen LogP) is 3.46. The van der Waals surface area contributed by atoms with Crippen LogP contribution in [0.3, 0.4) is 0 Å². The largest absolute Gasteiger partial charge is 0.367 e. The van der Waals surface area contributed by atoms with Gasteiger partial charge in [0.15, 0.2) is 0 Å². The molecule has 2 heterocycles. The van der Waals surface area contributed by atoms with Gasteiger partial charge in [-0.3, -0.25) is 4.79 Å². The second kappa shape index (κ2) is 4.24. The van der Waals surface area contributed by atoms with E-state index in [1.807, 2.05) is 19.9 Å². The van der Waals surface area contributed by atoms with E-state index in [9.17, 15) is 4.79 Å². The highest BCUT2D eigenvalue weighted by atomic mass is 35.5. The van der Waals surface area contributed by atoms with Gasteiger partial charge in [-0.05, 0) is 38.3 Å². The van der Waals surface area contributed by atoms with Crippen molar-refractivity contribution in [3.63, 3.8) is 0 Å². The van der Waals surface area contributed by atoms with Crippen molar-refractivity contribution in [1.82, 2.24) is 0 Å². The molecule has 2 atom stereocenters. The fraction of sp³-hybridized carbons (Fsp3) is 0.545. The van der Waals surface area contributed by atoms with E-state index in [1.54, 1.807) is 0 Å². The zero-order valence-electron chi connectivity index (χ0n) is 8.75. The Morgan fingerprint density at radius 1 is 1.60 bits per heavy atom. The summed E-state index contributed by atoms with van der Waals surface area (Å²) in [7, 11) is 0. The fourth-order valence-corrected chi connectivity index (χ4v) is 2.92. The van der Waals surface area contributed by atoms with Crippen molar-refractivity contribution in [1.29, 1.82) is 0 Å². The lowest BCUT2D eigenvalue weighted by molar-refractivity contribution is 0.0437. The minimum absolute atomic E-state index is 0.0827. The molecule has 0 saturated carbocycles. The van der Waals surface area contributed by atoms with Crippen LogP contribution in [0.25, 0.3) is 0 Å². The lowest BCUT2D eigenvalue weighted by Gasteiger charge is -2.07. The summed E-state index contributed by atoms with van der Waals surface area (Å²) in [6, 6.07) is 1.85. The Hall–Kier alpha value is -0.380. The molecule has 2 unspecified atom stereocenters. The highest BCUT2D eigenvalue weighted by Crippen LogP contribution is 2.30. The third-order valence-electron chi connectivity index (χ3n) is 2.62. The average molecular weight is 245 g/mol. The maximum absolute atomic E-state index is 12.0. The van der Waals surface area contributed by atoms with Gasteiger partial charge in [0.2, 0.25) is 5.78 Å². The first kappa shape index (κ1) is 11.1. The van der Waals surface area contributed by atoms with Gasteiger partial charge in [-0.15, -0.1) is 11.3 Å². The molecular formula is C11H13ClO2S. The number of Topliss-reactive ketones (excluding diaryl/α,β-unsaturated/α-hetero) is 1. The van der Waals surface area contributed by atoms with Gasteiger partial charge in [0, 0.05) is 0 Å². The van der Waals surface area contributed by atoms with Crippen molar-refractivity contribution in [2.24, 2.45) is 0 Å². The smallest absolute Gasteiger partial charge is 0.201 e. The Balaban J connectivity index is 2.14. The highest BCUT2D eigenvalue weighted by molar-refractivity contribution is 7.18. The number of rotatable bonds is 2. The molecule has 2 nitrogen and oxygen atoms in total. The van der Waals surface area contributed by atoms with Gasteiger partial charge >= 0.3 is 0 Å². The van der Waals surface area contributed by atoms with Crippen LogP contribution in [0.2, 0.25) is 4.34 Å². The van der Waals surface area contributed by atoms with Crippen LogP contribution in [0.1, 0.15) is 35.0 Å². The maximum Gasteiger partial charge on any atom is 0.201 e. The zero-order chi connectivity index (χ0) is 11.0. The lowest BCUT2D eigenvalue weighted by Crippen LogP contribution is -2.19. The van der Waals surface area contributed by atoms with Crippen LogP contribution >= 0.6 is 22.9 Å². The standard InChI is InChI=1S/C11H13ClO2S/c1-6-5-9(15-11(6)12)10(13)8-4-3-7(2)14-8/h5,7-8H,3-4H2,1-2H3. The van der Waals surface area contributed by atoms with Gasteiger partial charge < -0.3 is 4.74 Å². The Morgan fingerprint density at radius 3 is 2.80 bits per heavy atom. The molecule has 1 aliphatic heterocycles. The molecule has 2 rings (SSSR count). The minimum Gasteiger partial charge on any atom is -0.367 e. The van der Waals surface area contributed by atoms with Crippen molar-refractivity contribution in [2.75, 3.05) is 0 Å². The summed E-state index contributed by atoms with van der Waals surface area (Å²) in [5.74, 6) is 0.0827. The number of halogens is 1. The van der Waals surface area contributed by atoms with Crippen LogP contribution < -0.4 is 0 Å². The maximum atomic E-state index is 12.0. The van der Waals surface area contributed by atoms with Crippen LogP contribution in [0.4, 0.5) is 0 Å². The molecule has 15 heavy (non-hydrogen) atoms. The summed E-state index contributed by atoms with van der Waals surface area (Å²) >= 11 is 7.28. The number of aryl methyl sites for hydroxylation is 1. The number of ketones is 1. The van der Waals surface area contributed by atoms with Crippen molar-refractivity contribution >= 4 is 28.7 Å². The first-order valence-electron chi connectivity index (χ1n) is 5.03. The van der Waals surface area contributed by atoms with Gasteiger partial charge in [-0.25, -0.2) is 0 Å². The SMILES string of the molecule is Cc1cc(C(=O)C2CCC(C)O2)sc1Cl. The molecule has 1 saturated heterocycles. The summed E-state index contributed by atoms with van der Waals surface area (Å²) in [5.41, 5.74) is 0.969. The second-order valence-electron chi connectivity index (χ2n) is 3.94. The molecule has 0 aliphatic carbocycles. The molecule has 4 heteroatoms. The molecule has 0 N–H and O–H groups in total. The molecular weight excluding hydrogens is 232 g/mol. The van der Waals surface area contributed by atoms with E-state index in [0.717, 1.165) is 23.3 Å². The van der Waals surface area contributed by atoms with Gasteiger partial charge in [0.1, 0.15) is 6.10 Å². The number of thiophene rings is 1. The van der Waals surface area contributed by atoms with E-state index >= 15 is 0 Å². The molecule has 0 amide bonds. The molecule has 1 fully saturated rings. The van der Waals surface area contributed by atoms with Crippen LogP contribution in [0, 0.1) is 6.92 Å². The summed E-state index contributed by atoms with van der Waals surface area (Å²) in [6.45, 7) is 3.91. The van der Waals surface area contributed by atoms with Gasteiger partial charge in [0.05, 0.1) is 15.3 Å². The molecule has 0 bridgehead atoms. The van der Waals surface area contributed by atoms with E-state index < -0.39 is 0 Å². The average Bonchev–Trinajstić information content (AvgIpc) is 2.74. The highest BCUT2D eigenvalue weighted by Gasteiger charge is 2.29. The predicted molar refractivity (Wildman–Crippen MR) is 62.0 cm³/mol. The third-order valence-corrected chi connectivity index (χ3v) is 4.19. The molecule has 0 radical (unpaired) electrons. The van der Waals surface area contributed by atoms with Crippen molar-refractivity contribution in [2.45, 2.75) is 38.9 Å². The van der Waals surface area contributed by atoms with Crippen molar-refractivity contribution < 1.29 is 9.53 Å². The molecule has 82 valence electrons. The van der Waals surface area contributed by atoms with E-state index in [0.29, 0.717) is 4.34 Å². The Bertz CT molecular complexity index is 366. The number of ether oxygens (including phenoxy) is 1. The first-order chi connectivity index (χ1) is 7.08. The summed E-state index contributed by atoms with van der Waals surface area (Å²) < 4.78 is 6.24. The lowest BCUT2D eigenvalue weighted by atomic mass is 10.1. The van der Waals surface area contributed by atoms with Crippen LogP contribution in [-0.4, -0.2) is 18.0 Å². The number of carbonyl (C=O) groups is 1. The minimum atomic E-state index is -0.255. The van der Waals surface area contributed by atoms with E-state index in [4.69, 9.17) is 16.3 Å². The number of carbonyl (C=O) groups excluding carboxylic acids is 1.